The number of esters is 3. The Bertz CT molecular complexity index is 1660. The molecule has 1 aliphatic carbocycles. The molecule has 1 saturated heterocycles. The number of hydrogen-bond acceptors (Lipinski definition) is 12. The Balaban J connectivity index is 1.86. The highest BCUT2D eigenvalue weighted by Crippen LogP contribution is 2.43. The zero-order valence-corrected chi connectivity index (χ0v) is 35.3. The first-order valence-corrected chi connectivity index (χ1v) is 20.6. The number of amides is 2. The number of halogens is 3. The highest BCUT2D eigenvalue weighted by atomic mass is 19.4. The zero-order valence-electron chi connectivity index (χ0n) is 35.3. The number of rotatable bonds is 22. The van der Waals surface area contributed by atoms with E-state index in [4.69, 9.17) is 18.9 Å². The molecular weight excluding hydrogens is 793 g/mol. The Morgan fingerprint density at radius 3 is 2.25 bits per heavy atom. The third-order valence-corrected chi connectivity index (χ3v) is 9.70. The van der Waals surface area contributed by atoms with E-state index >= 15 is 0 Å². The number of nitrogens with one attached hydrogen (secondary N) is 2. The van der Waals surface area contributed by atoms with Gasteiger partial charge in [-0.15, -0.1) is 0 Å². The molecule has 2 amide bonds. The van der Waals surface area contributed by atoms with Crippen LogP contribution in [0.5, 0.6) is 0 Å². The second kappa shape index (κ2) is 23.0. The maximum absolute atomic E-state index is 13.9. The lowest BCUT2D eigenvalue weighted by Gasteiger charge is -2.32. The normalized spacial score (nSPS) is 20.3. The fourth-order valence-electron chi connectivity index (χ4n) is 6.76. The minimum absolute atomic E-state index is 0.0300. The van der Waals surface area contributed by atoms with Gasteiger partial charge < -0.3 is 44.5 Å². The number of unbranched alkanes of at least 4 members (excludes halogenated alkanes) is 4. The van der Waals surface area contributed by atoms with E-state index in [1.54, 1.807) is 26.8 Å². The average Bonchev–Trinajstić information content (AvgIpc) is 3.54. The van der Waals surface area contributed by atoms with E-state index in [2.05, 4.69) is 29.2 Å². The second-order valence-corrected chi connectivity index (χ2v) is 16.2. The maximum atomic E-state index is 13.9. The van der Waals surface area contributed by atoms with Crippen LogP contribution >= 0.6 is 0 Å². The summed E-state index contributed by atoms with van der Waals surface area (Å²) < 4.78 is 66.1. The third-order valence-electron chi connectivity index (χ3n) is 9.70. The number of benzene rings is 1. The molecule has 0 aromatic heterocycles. The number of ether oxygens (including phenoxy) is 5. The fourth-order valence-corrected chi connectivity index (χ4v) is 6.76. The maximum Gasteiger partial charge on any atom is 0.422 e. The van der Waals surface area contributed by atoms with Crippen LogP contribution in [-0.4, -0.2) is 107 Å². The van der Waals surface area contributed by atoms with E-state index in [0.717, 1.165) is 44.6 Å². The molecule has 0 saturated carbocycles. The molecule has 1 aromatic carbocycles. The predicted molar refractivity (Wildman–Crippen MR) is 213 cm³/mol. The van der Waals surface area contributed by atoms with Gasteiger partial charge in [-0.1, -0.05) is 51.7 Å². The first-order chi connectivity index (χ1) is 28.2. The van der Waals surface area contributed by atoms with Crippen molar-refractivity contribution in [2.45, 2.75) is 166 Å². The van der Waals surface area contributed by atoms with Gasteiger partial charge in [0.25, 0.3) is 0 Å². The van der Waals surface area contributed by atoms with Gasteiger partial charge in [0, 0.05) is 37.3 Å². The van der Waals surface area contributed by atoms with Crippen molar-refractivity contribution in [3.8, 4) is 0 Å². The average molecular weight is 855 g/mol. The molecule has 0 spiro atoms. The van der Waals surface area contributed by atoms with E-state index in [1.165, 1.54) is 37.3 Å². The standard InChI is InChI=1S/C43H61F3N2O12/c1-7-9-11-20-42(21-12-10-8-2)58-33-24-30(38(53)48-36(27(3)50)39(54)47-31(25-49)17-19-35(52)59-41(4,5)6)23-32(37(33)60-42)57-40(55)29-15-13-14-28(22-29)16-18-34(51)56-26-43(44,45)46/h13-16,18,22,24,27,31-33,36-37,49-50H,7-12,17,19-21,23,25-26H2,1-6H3,(H,47,54)(H,48,53). The van der Waals surface area contributed by atoms with Crippen molar-refractivity contribution in [3.05, 3.63) is 53.1 Å². The molecule has 4 N–H and O–H groups in total. The van der Waals surface area contributed by atoms with Gasteiger partial charge in [0.05, 0.1) is 24.3 Å². The Morgan fingerprint density at radius 1 is 1.00 bits per heavy atom. The summed E-state index contributed by atoms with van der Waals surface area (Å²) in [6, 6.07) is 3.43. The molecule has 1 heterocycles. The highest BCUT2D eigenvalue weighted by molar-refractivity contribution is 5.98. The summed E-state index contributed by atoms with van der Waals surface area (Å²) in [5, 5.41) is 25.7. The molecule has 0 radical (unpaired) electrons. The molecule has 2 aliphatic rings. The van der Waals surface area contributed by atoms with Crippen molar-refractivity contribution in [1.82, 2.24) is 10.6 Å². The molecule has 60 heavy (non-hydrogen) atoms. The number of alkyl halides is 3. The lowest BCUT2D eigenvalue weighted by molar-refractivity contribution is -0.190. The topological polar surface area (TPSA) is 196 Å². The summed E-state index contributed by atoms with van der Waals surface area (Å²) in [4.78, 5) is 65.1. The van der Waals surface area contributed by atoms with E-state index in [9.17, 15) is 47.4 Å². The van der Waals surface area contributed by atoms with Crippen molar-refractivity contribution < 1.29 is 71.0 Å². The van der Waals surface area contributed by atoms with Crippen LogP contribution in [0.1, 0.15) is 128 Å². The fraction of sp³-hybridized carbons (Fsp3) is 0.651. The lowest BCUT2D eigenvalue weighted by atomic mass is 9.91. The van der Waals surface area contributed by atoms with Gasteiger partial charge in [-0.3, -0.25) is 14.4 Å². The number of fused-ring (bicyclic) bond motifs is 1. The molecule has 1 aliphatic heterocycles. The zero-order chi connectivity index (χ0) is 44.7. The molecule has 6 atom stereocenters. The van der Waals surface area contributed by atoms with Crippen LogP contribution in [0, 0.1) is 0 Å². The first kappa shape index (κ1) is 50.0. The second-order valence-electron chi connectivity index (χ2n) is 16.2. The van der Waals surface area contributed by atoms with Gasteiger partial charge in [0.2, 0.25) is 11.8 Å². The minimum Gasteiger partial charge on any atom is -0.460 e. The summed E-state index contributed by atoms with van der Waals surface area (Å²) in [6.45, 7) is 8.30. The predicted octanol–water partition coefficient (Wildman–Crippen LogP) is 5.77. The summed E-state index contributed by atoms with van der Waals surface area (Å²) in [5.41, 5.74) is -0.314. The molecule has 17 heteroatoms. The van der Waals surface area contributed by atoms with Gasteiger partial charge in [-0.05, 0) is 76.8 Å². The molecule has 1 fully saturated rings. The van der Waals surface area contributed by atoms with Crippen LogP contribution in [0.2, 0.25) is 0 Å². The Labute approximate surface area is 349 Å². The monoisotopic (exact) mass is 854 g/mol. The van der Waals surface area contributed by atoms with Gasteiger partial charge in [0.1, 0.15) is 30.0 Å². The molecular formula is C43H61F3N2O12. The quantitative estimate of drug-likeness (QED) is 0.0477. The van der Waals surface area contributed by atoms with Gasteiger partial charge in [0.15, 0.2) is 12.4 Å². The Hall–Kier alpha value is -4.32. The summed E-state index contributed by atoms with van der Waals surface area (Å²) >= 11 is 0. The molecule has 14 nitrogen and oxygen atoms in total. The summed E-state index contributed by atoms with van der Waals surface area (Å²) in [7, 11) is 0. The van der Waals surface area contributed by atoms with Crippen LogP contribution in [0.4, 0.5) is 13.2 Å². The van der Waals surface area contributed by atoms with Crippen molar-refractivity contribution >= 4 is 35.8 Å². The van der Waals surface area contributed by atoms with Crippen molar-refractivity contribution in [3.63, 3.8) is 0 Å². The number of hydrogen-bond donors (Lipinski definition) is 4. The van der Waals surface area contributed by atoms with Crippen molar-refractivity contribution in [2.24, 2.45) is 0 Å². The van der Waals surface area contributed by atoms with E-state index in [0.29, 0.717) is 12.8 Å². The van der Waals surface area contributed by atoms with Gasteiger partial charge in [-0.25, -0.2) is 9.59 Å². The van der Waals surface area contributed by atoms with Crippen molar-refractivity contribution in [1.29, 1.82) is 0 Å². The third kappa shape index (κ3) is 16.6. The molecule has 1 aromatic rings. The molecule has 6 unspecified atom stereocenters. The van der Waals surface area contributed by atoms with Crippen LogP contribution in [0.15, 0.2) is 42.0 Å². The highest BCUT2D eigenvalue weighted by Gasteiger charge is 2.52. The van der Waals surface area contributed by atoms with Crippen LogP contribution in [-0.2, 0) is 42.9 Å². The van der Waals surface area contributed by atoms with Crippen molar-refractivity contribution in [2.75, 3.05) is 13.2 Å². The minimum atomic E-state index is -4.69. The van der Waals surface area contributed by atoms with Gasteiger partial charge >= 0.3 is 24.1 Å². The van der Waals surface area contributed by atoms with E-state index in [-0.39, 0.29) is 36.0 Å². The Morgan fingerprint density at radius 2 is 1.67 bits per heavy atom. The van der Waals surface area contributed by atoms with E-state index < -0.39 is 97.0 Å². The Kier molecular flexibility index (Phi) is 19.2. The molecule has 0 bridgehead atoms. The largest absolute Gasteiger partial charge is 0.460 e. The molecule has 3 rings (SSSR count). The summed E-state index contributed by atoms with van der Waals surface area (Å²) in [6.07, 6.45) is 0.922. The van der Waals surface area contributed by atoms with E-state index in [1.807, 2.05) is 0 Å². The first-order valence-electron chi connectivity index (χ1n) is 20.6. The summed E-state index contributed by atoms with van der Waals surface area (Å²) in [5.74, 6) is -5.18. The number of carbonyl (C=O) groups excluding carboxylic acids is 5. The number of aliphatic hydroxyl groups is 2. The van der Waals surface area contributed by atoms with Gasteiger partial charge in [-0.2, -0.15) is 13.2 Å². The van der Waals surface area contributed by atoms with Crippen LogP contribution < -0.4 is 10.6 Å². The SMILES string of the molecule is CCCCCC1(CCCCC)OC2C=C(C(=O)NC(C(=O)NC(CO)CCC(=O)OC(C)(C)C)C(C)O)CC(OC(=O)c3cccc(C=CC(=O)OCC(F)(F)F)c3)C2O1. The van der Waals surface area contributed by atoms with Crippen LogP contribution in [0.3, 0.4) is 0 Å². The smallest absolute Gasteiger partial charge is 0.422 e. The molecule has 336 valence electrons. The number of aliphatic hydroxyl groups excluding tert-OH is 2. The van der Waals surface area contributed by atoms with Crippen LogP contribution in [0.25, 0.3) is 6.08 Å². The lowest BCUT2D eigenvalue weighted by Crippen LogP contribution is -2.55. The number of carbonyl (C=O) groups is 5.